The molecule has 0 heterocycles. The molecule has 16 nitrogen and oxygen atoms in total. The van der Waals surface area contributed by atoms with Gasteiger partial charge in [0.15, 0.2) is 11.2 Å². The van der Waals surface area contributed by atoms with Crippen molar-refractivity contribution in [1.29, 1.82) is 0 Å². The molecular formula is C37H29Br2N7O9S4. The molecule has 1 unspecified atom stereocenters. The largest absolute Gasteiger partial charge is 0.506 e. The van der Waals surface area contributed by atoms with Gasteiger partial charge in [0.1, 0.15) is 15.5 Å². The number of rotatable bonds is 13. The van der Waals surface area contributed by atoms with Crippen LogP contribution >= 0.6 is 56.3 Å². The van der Waals surface area contributed by atoms with Gasteiger partial charge in [0.05, 0.1) is 33.1 Å². The Morgan fingerprint density at radius 1 is 0.831 bits per heavy atom. The van der Waals surface area contributed by atoms with Gasteiger partial charge in [-0.1, -0.05) is 54.6 Å². The van der Waals surface area contributed by atoms with Crippen LogP contribution in [-0.4, -0.2) is 67.9 Å². The van der Waals surface area contributed by atoms with E-state index in [0.29, 0.717) is 20.2 Å². The fourth-order valence-electron chi connectivity index (χ4n) is 5.19. The number of anilines is 2. The van der Waals surface area contributed by atoms with Crippen molar-refractivity contribution in [3.8, 4) is 5.75 Å². The van der Waals surface area contributed by atoms with Crippen molar-refractivity contribution in [3.05, 3.63) is 117 Å². The topological polar surface area (TPSA) is 237 Å². The first-order valence-corrected chi connectivity index (χ1v) is 21.7. The number of aliphatic imine (C=N–C) groups is 1. The molecule has 0 spiro atoms. The van der Waals surface area contributed by atoms with Gasteiger partial charge in [-0.2, -0.15) is 26.9 Å². The van der Waals surface area contributed by atoms with Crippen LogP contribution in [0, 0.1) is 0 Å². The Balaban J connectivity index is 1.33. The lowest BCUT2D eigenvalue weighted by atomic mass is 10.1. The van der Waals surface area contributed by atoms with E-state index in [1.165, 1.54) is 48.7 Å². The Kier molecular flexibility index (Phi) is 14.8. The molecule has 22 heteroatoms. The number of benzene rings is 5. The molecule has 0 radical (unpaired) electrons. The van der Waals surface area contributed by atoms with Crippen molar-refractivity contribution in [3.63, 3.8) is 0 Å². The first-order valence-electron chi connectivity index (χ1n) is 16.4. The predicted octanol–water partition coefficient (Wildman–Crippen LogP) is 6.51. The molecule has 304 valence electrons. The van der Waals surface area contributed by atoms with Crippen molar-refractivity contribution in [1.82, 2.24) is 16.3 Å². The molecule has 5 rings (SSSR count). The van der Waals surface area contributed by atoms with E-state index in [0.717, 1.165) is 23.9 Å². The third-order valence-electron chi connectivity index (χ3n) is 7.96. The maximum absolute atomic E-state index is 13.5. The van der Waals surface area contributed by atoms with Gasteiger partial charge in [-0.3, -0.25) is 29.2 Å². The summed E-state index contributed by atoms with van der Waals surface area (Å²) < 4.78 is 65.4. The zero-order chi connectivity index (χ0) is 42.9. The number of aromatic hydroxyl groups is 1. The Hall–Kier alpha value is -5.42. The summed E-state index contributed by atoms with van der Waals surface area (Å²) in [4.78, 5) is 29.8. The van der Waals surface area contributed by atoms with Crippen LogP contribution in [0.2, 0.25) is 0 Å². The molecule has 0 saturated heterocycles. The molecule has 5 aromatic carbocycles. The first kappa shape index (κ1) is 44.7. The molecule has 1 atom stereocenters. The highest BCUT2D eigenvalue weighted by Gasteiger charge is 2.27. The molecule has 0 aromatic heterocycles. The maximum Gasteiger partial charge on any atom is 0.297 e. The molecule has 0 aliphatic rings. The lowest BCUT2D eigenvalue weighted by Crippen LogP contribution is -2.54. The minimum absolute atomic E-state index is 0.00707. The summed E-state index contributed by atoms with van der Waals surface area (Å²) >= 11 is 16.3. The van der Waals surface area contributed by atoms with Crippen LogP contribution in [-0.2, 0) is 34.0 Å². The molecule has 0 aliphatic carbocycles. The van der Waals surface area contributed by atoms with Crippen LogP contribution in [0.15, 0.2) is 120 Å². The number of amides is 2. The molecule has 5 aromatic rings. The molecule has 0 aliphatic heterocycles. The SMILES string of the molecule is COS(=O)(=O)c1cc(NC(=S)NNC(=O)C(Nc2ccc3ccccc3c2)C(=O)N/N=C/c2cc(Br)c(O)c(Br)c2)ccc1/C=C/c1ccc(N=C=S)cc1S(=O)(=O)O. The zero-order valence-corrected chi connectivity index (χ0v) is 36.4. The number of nitrogens with zero attached hydrogens (tertiary/aromatic N) is 2. The van der Waals surface area contributed by atoms with Crippen LogP contribution < -0.4 is 26.9 Å². The van der Waals surface area contributed by atoms with Gasteiger partial charge in [-0.15, -0.1) is 0 Å². The van der Waals surface area contributed by atoms with Crippen molar-refractivity contribution in [2.45, 2.75) is 15.8 Å². The fourth-order valence-corrected chi connectivity index (χ4v) is 8.26. The molecular weight excluding hydrogens is 975 g/mol. The van der Waals surface area contributed by atoms with Gasteiger partial charge in [-0.25, -0.2) is 5.43 Å². The fraction of sp³-hybridized carbons (Fsp3) is 0.0541. The predicted molar refractivity (Wildman–Crippen MR) is 239 cm³/mol. The van der Waals surface area contributed by atoms with Crippen LogP contribution in [0.1, 0.15) is 16.7 Å². The van der Waals surface area contributed by atoms with Gasteiger partial charge in [0.25, 0.3) is 32.1 Å². The van der Waals surface area contributed by atoms with Gasteiger partial charge in [-0.05, 0) is 132 Å². The summed E-state index contributed by atoms with van der Waals surface area (Å²) in [6.45, 7) is 0. The summed E-state index contributed by atoms with van der Waals surface area (Å²) in [5, 5.41) is 23.2. The lowest BCUT2D eigenvalue weighted by molar-refractivity contribution is -0.130. The highest BCUT2D eigenvalue weighted by molar-refractivity contribution is 9.11. The number of hydrazine groups is 1. The summed E-state index contributed by atoms with van der Waals surface area (Å²) in [7, 11) is -8.15. The van der Waals surface area contributed by atoms with Crippen molar-refractivity contribution in [2.75, 3.05) is 17.7 Å². The second kappa shape index (κ2) is 19.6. The number of hydrazone groups is 1. The van der Waals surface area contributed by atoms with E-state index < -0.39 is 43.0 Å². The summed E-state index contributed by atoms with van der Waals surface area (Å²) in [5.74, 6) is -1.77. The summed E-state index contributed by atoms with van der Waals surface area (Å²) in [6, 6.07) is 22.1. The summed E-state index contributed by atoms with van der Waals surface area (Å²) in [6.07, 6.45) is 3.86. The third-order valence-corrected chi connectivity index (χ3v) is 11.7. The highest BCUT2D eigenvalue weighted by atomic mass is 79.9. The number of hydrogen-bond donors (Lipinski definition) is 7. The number of carbonyl (C=O) groups is 2. The minimum atomic E-state index is -4.73. The minimum Gasteiger partial charge on any atom is -0.506 e. The van der Waals surface area contributed by atoms with Gasteiger partial charge < -0.3 is 15.7 Å². The van der Waals surface area contributed by atoms with Crippen molar-refractivity contribution < 1.29 is 40.3 Å². The number of isothiocyanates is 1. The van der Waals surface area contributed by atoms with Gasteiger partial charge in [0.2, 0.25) is 0 Å². The second-order valence-corrected chi connectivity index (χ2v) is 17.3. The number of phenolic OH excluding ortho intramolecular Hbond substituents is 1. The number of thiocarbonyl (C=S) groups is 2. The van der Waals surface area contributed by atoms with E-state index in [1.807, 2.05) is 30.3 Å². The molecule has 0 saturated carbocycles. The molecule has 0 fully saturated rings. The molecule has 59 heavy (non-hydrogen) atoms. The Labute approximate surface area is 365 Å². The monoisotopic (exact) mass is 1000 g/mol. The highest BCUT2D eigenvalue weighted by Crippen LogP contribution is 2.33. The van der Waals surface area contributed by atoms with E-state index in [-0.39, 0.29) is 38.3 Å². The van der Waals surface area contributed by atoms with E-state index in [4.69, 9.17) is 16.4 Å². The van der Waals surface area contributed by atoms with Crippen LogP contribution in [0.4, 0.5) is 17.1 Å². The molecule has 0 bridgehead atoms. The number of carbonyl (C=O) groups excluding carboxylic acids is 2. The number of halogens is 2. The van der Waals surface area contributed by atoms with Crippen molar-refractivity contribution >= 4 is 145 Å². The Morgan fingerprint density at radius 3 is 2.14 bits per heavy atom. The first-order chi connectivity index (χ1) is 28.0. The molecule has 2 amide bonds. The van der Waals surface area contributed by atoms with Gasteiger partial charge >= 0.3 is 0 Å². The van der Waals surface area contributed by atoms with Gasteiger partial charge in [0, 0.05) is 11.4 Å². The van der Waals surface area contributed by atoms with E-state index in [1.54, 1.807) is 24.3 Å². The van der Waals surface area contributed by atoms with E-state index in [2.05, 4.69) is 86.2 Å². The van der Waals surface area contributed by atoms with Crippen LogP contribution in [0.5, 0.6) is 5.75 Å². The average Bonchev–Trinajstić information content (AvgIpc) is 3.20. The summed E-state index contributed by atoms with van der Waals surface area (Å²) in [5.41, 5.74) is 8.41. The second-order valence-electron chi connectivity index (χ2n) is 11.9. The number of hydrogen-bond acceptors (Lipinski definition) is 13. The average molecular weight is 1000 g/mol. The quantitative estimate of drug-likeness (QED) is 0.0127. The number of nitrogens with one attached hydrogen (secondary N) is 5. The van der Waals surface area contributed by atoms with E-state index in [9.17, 15) is 36.1 Å². The maximum atomic E-state index is 13.5. The number of fused-ring (bicyclic) bond motifs is 1. The third kappa shape index (κ3) is 11.8. The van der Waals surface area contributed by atoms with Crippen LogP contribution in [0.3, 0.4) is 0 Å². The Morgan fingerprint density at radius 2 is 1.47 bits per heavy atom. The lowest BCUT2D eigenvalue weighted by Gasteiger charge is -2.19. The number of phenols is 1. The van der Waals surface area contributed by atoms with Crippen molar-refractivity contribution in [2.24, 2.45) is 10.1 Å². The standard InChI is InChI=1S/C37H29Br2N7O9S4/c1-55-59(53,54)32-18-28(13-10-24(32)7-6-23-9-11-26(40-20-56)17-31(23)58(50,51)52)43-37(57)46-45-36(49)33(42-27-12-8-22-4-2-3-5-25(22)16-27)35(48)44-41-19-21-14-29(38)34(47)30(39)15-21/h2-19,33,42,47H,1H3,(H,44,48)(H,45,49)(H2,43,46,57)(H,50,51,52)/b7-6+,41-19+. The van der Waals surface area contributed by atoms with E-state index >= 15 is 0 Å². The smallest absolute Gasteiger partial charge is 0.297 e. The normalized spacial score (nSPS) is 12.1. The van der Waals surface area contributed by atoms with Crippen LogP contribution in [0.25, 0.3) is 22.9 Å². The zero-order valence-electron chi connectivity index (χ0n) is 30.0. The Bertz CT molecular complexity index is 2800. The molecule has 7 N–H and O–H groups in total.